The topological polar surface area (TPSA) is 91.8 Å². The number of alkyl halides is 10. The predicted octanol–water partition coefficient (Wildman–Crippen LogP) is 17.3. The molecule has 3 aliphatic heterocycles. The van der Waals surface area contributed by atoms with Crippen LogP contribution < -0.4 is 14.2 Å². The van der Waals surface area contributed by atoms with Crippen molar-refractivity contribution in [2.45, 2.75) is 89.1 Å². The zero-order chi connectivity index (χ0) is 65.5. The number of carbonyl (C=O) groups is 2. The van der Waals surface area contributed by atoms with Crippen LogP contribution in [0.15, 0.2) is 146 Å². The highest BCUT2D eigenvalue weighted by atomic mass is 79.9. The Kier molecular flexibility index (Phi) is 28.7. The summed E-state index contributed by atoms with van der Waals surface area (Å²) in [5, 5.41) is 13.0. The number of nitrogens with zero attached hydrogens (tertiary/aromatic N) is 3. The fourth-order valence-corrected chi connectivity index (χ4v) is 11.8. The van der Waals surface area contributed by atoms with Gasteiger partial charge in [-0.1, -0.05) is 124 Å². The van der Waals surface area contributed by atoms with E-state index in [1.807, 2.05) is 72.8 Å². The summed E-state index contributed by atoms with van der Waals surface area (Å²) in [6, 6.07) is 38.8. The molecule has 90 heavy (non-hydrogen) atoms. The maximum Gasteiger partial charge on any atom is 0.419 e. The molecule has 9 rings (SSSR count). The zero-order valence-electron chi connectivity index (χ0n) is 50.2. The van der Waals surface area contributed by atoms with Crippen LogP contribution >= 0.6 is 50.7 Å². The summed E-state index contributed by atoms with van der Waals surface area (Å²) in [5.41, 5.74) is 0.634. The Hall–Kier alpha value is -5.38. The number of rotatable bonds is 20. The molecule has 3 aliphatic rings. The summed E-state index contributed by atoms with van der Waals surface area (Å²) < 4.78 is 133. The van der Waals surface area contributed by atoms with Crippen molar-refractivity contribution in [2.24, 2.45) is 16.7 Å². The molecule has 490 valence electrons. The van der Waals surface area contributed by atoms with Gasteiger partial charge in [0.1, 0.15) is 48.6 Å². The molecule has 0 aromatic heterocycles. The molecular formula is C68H76BrCl3F9N3O6. The Labute approximate surface area is 544 Å². The standard InChI is InChI=1S/C23H25ClF3NO2.C22H25ClF3NO2.C16H20F3NO2.C7H6BrCl/c1-17(29)22(16-18-6-8-19(24)9-7-18)10-12-28(13-11-22)14-15-30-21-5-3-2-4-20(21)23(25,26)27;23-18-7-5-17(6-8-18)15-21(16-28)9-11-27(12-10-21)13-14-29-20-4-2-1-3-19(20)22(24,25)26;1-12(21)13-6-8-20(9-7-13)10-11-22-15-5-3-2-4-14(15)16(17,18)19;8-5-6-1-3-7(9)4-2-6/h2-9H,10-16H2,1H3;1-8,28H,9-16H2;2-5,13H,6-11H2,1H3;1-4H,5H2. The van der Waals surface area contributed by atoms with Crippen molar-refractivity contribution in [3.8, 4) is 17.2 Å². The Balaban J connectivity index is 0.000000202. The number of piperidine rings is 3. The second-order valence-electron chi connectivity index (χ2n) is 22.8. The third-order valence-electron chi connectivity index (χ3n) is 16.6. The van der Waals surface area contributed by atoms with Crippen LogP contribution in [0.4, 0.5) is 39.5 Å². The summed E-state index contributed by atoms with van der Waals surface area (Å²) in [4.78, 5) is 30.2. The van der Waals surface area contributed by atoms with Gasteiger partial charge in [-0.2, -0.15) is 39.5 Å². The van der Waals surface area contributed by atoms with Crippen LogP contribution in [0.1, 0.15) is 85.8 Å². The second kappa shape index (κ2) is 35.0. The zero-order valence-corrected chi connectivity index (χ0v) is 54.1. The SMILES string of the molecule is CC(=O)C1(Cc2ccc(Cl)cc2)CCN(CCOc2ccccc2C(F)(F)F)CC1.CC(=O)C1CCN(CCOc2ccccc2C(F)(F)F)CC1.Clc1ccc(CBr)cc1.OCC1(Cc2ccc(Cl)cc2)CCN(CCOc2ccccc2C(F)(F)F)CC1. The lowest BCUT2D eigenvalue weighted by atomic mass is 9.71. The summed E-state index contributed by atoms with van der Waals surface area (Å²) in [6.45, 7) is 10.1. The van der Waals surface area contributed by atoms with Gasteiger partial charge in [-0.05, 0) is 199 Å². The third kappa shape index (κ3) is 23.6. The minimum atomic E-state index is -4.44. The highest BCUT2D eigenvalue weighted by Crippen LogP contribution is 2.41. The number of Topliss-reactive ketones (excluding diaryl/α,β-unsaturated/α-hetero) is 2. The Morgan fingerprint density at radius 3 is 1.13 bits per heavy atom. The number of carbonyl (C=O) groups excluding carboxylic acids is 2. The van der Waals surface area contributed by atoms with Gasteiger partial charge in [-0.15, -0.1) is 0 Å². The first-order valence-corrected chi connectivity index (χ1v) is 31.9. The molecule has 9 nitrogen and oxygen atoms in total. The summed E-state index contributed by atoms with van der Waals surface area (Å²) in [5.74, 6) is 0.103. The largest absolute Gasteiger partial charge is 0.492 e. The van der Waals surface area contributed by atoms with E-state index < -0.39 is 40.6 Å². The second-order valence-corrected chi connectivity index (χ2v) is 24.7. The van der Waals surface area contributed by atoms with Crippen LogP contribution in [0.2, 0.25) is 15.1 Å². The predicted molar refractivity (Wildman–Crippen MR) is 339 cm³/mol. The number of ether oxygens (including phenoxy) is 3. The average Bonchev–Trinajstić information content (AvgIpc) is 1.09. The van der Waals surface area contributed by atoms with E-state index in [9.17, 15) is 54.2 Å². The summed E-state index contributed by atoms with van der Waals surface area (Å²) in [6.07, 6.45) is -7.12. The molecule has 1 N–H and O–H groups in total. The Morgan fingerprint density at radius 2 is 0.811 bits per heavy atom. The van der Waals surface area contributed by atoms with E-state index >= 15 is 0 Å². The van der Waals surface area contributed by atoms with E-state index in [0.29, 0.717) is 62.0 Å². The average molecular weight is 1390 g/mol. The van der Waals surface area contributed by atoms with Crippen molar-refractivity contribution in [1.29, 1.82) is 0 Å². The van der Waals surface area contributed by atoms with E-state index in [1.165, 1.54) is 60.2 Å². The van der Waals surface area contributed by atoms with Gasteiger partial charge in [0.25, 0.3) is 0 Å². The molecule has 0 saturated carbocycles. The quantitative estimate of drug-likeness (QED) is 0.0593. The van der Waals surface area contributed by atoms with Crippen LogP contribution in [0.25, 0.3) is 0 Å². The molecule has 3 fully saturated rings. The number of benzene rings is 6. The van der Waals surface area contributed by atoms with Crippen LogP contribution in [-0.2, 0) is 46.3 Å². The first-order valence-electron chi connectivity index (χ1n) is 29.7. The van der Waals surface area contributed by atoms with Crippen LogP contribution in [0, 0.1) is 16.7 Å². The molecule has 0 radical (unpaired) electrons. The molecule has 6 aromatic carbocycles. The van der Waals surface area contributed by atoms with Crippen molar-refractivity contribution >= 4 is 62.3 Å². The van der Waals surface area contributed by atoms with Crippen molar-refractivity contribution in [3.05, 3.63) is 194 Å². The van der Waals surface area contributed by atoms with Gasteiger partial charge in [-0.25, -0.2) is 0 Å². The van der Waals surface area contributed by atoms with Crippen molar-refractivity contribution in [2.75, 3.05) is 85.3 Å². The minimum absolute atomic E-state index is 0.110. The van der Waals surface area contributed by atoms with Gasteiger partial charge in [0, 0.05) is 58.0 Å². The van der Waals surface area contributed by atoms with E-state index in [4.69, 9.17) is 49.0 Å². The molecule has 0 unspecified atom stereocenters. The van der Waals surface area contributed by atoms with E-state index in [-0.39, 0.29) is 66.6 Å². The van der Waals surface area contributed by atoms with Gasteiger partial charge >= 0.3 is 18.5 Å². The lowest BCUT2D eigenvalue weighted by Gasteiger charge is -2.41. The minimum Gasteiger partial charge on any atom is -0.492 e. The molecule has 0 spiro atoms. The first-order chi connectivity index (χ1) is 42.7. The first kappa shape index (κ1) is 73.7. The van der Waals surface area contributed by atoms with Gasteiger partial charge < -0.3 is 19.3 Å². The fourth-order valence-electron chi connectivity index (χ4n) is 11.0. The number of para-hydroxylation sites is 3. The summed E-state index contributed by atoms with van der Waals surface area (Å²) in [7, 11) is 0. The summed E-state index contributed by atoms with van der Waals surface area (Å²) >= 11 is 20.9. The molecule has 0 amide bonds. The number of halogens is 13. The van der Waals surface area contributed by atoms with Gasteiger partial charge in [-0.3, -0.25) is 24.3 Å². The molecule has 0 aliphatic carbocycles. The van der Waals surface area contributed by atoms with Crippen LogP contribution in [0.5, 0.6) is 17.2 Å². The van der Waals surface area contributed by atoms with Crippen molar-refractivity contribution in [1.82, 2.24) is 14.7 Å². The van der Waals surface area contributed by atoms with Crippen LogP contribution in [0.3, 0.4) is 0 Å². The van der Waals surface area contributed by atoms with Gasteiger partial charge in [0.2, 0.25) is 0 Å². The van der Waals surface area contributed by atoms with Crippen LogP contribution in [-0.4, -0.2) is 117 Å². The number of aliphatic hydroxyl groups is 1. The molecule has 3 saturated heterocycles. The smallest absolute Gasteiger partial charge is 0.419 e. The Morgan fingerprint density at radius 1 is 0.489 bits per heavy atom. The lowest BCUT2D eigenvalue weighted by molar-refractivity contribution is -0.139. The molecule has 0 atom stereocenters. The maximum absolute atomic E-state index is 13.1. The molecule has 0 bridgehead atoms. The van der Waals surface area contributed by atoms with E-state index in [2.05, 4.69) is 30.6 Å². The lowest BCUT2D eigenvalue weighted by Crippen LogP contribution is -2.46. The van der Waals surface area contributed by atoms with Crippen molar-refractivity contribution in [3.63, 3.8) is 0 Å². The van der Waals surface area contributed by atoms with Gasteiger partial charge in [0.15, 0.2) is 0 Å². The fraction of sp³-hybridized carbons (Fsp3) is 0.441. The normalized spacial score (nSPS) is 16.4. The van der Waals surface area contributed by atoms with Gasteiger partial charge in [0.05, 0.1) is 16.7 Å². The van der Waals surface area contributed by atoms with E-state index in [0.717, 1.165) is 98.0 Å². The third-order valence-corrected chi connectivity index (χ3v) is 18.0. The highest BCUT2D eigenvalue weighted by molar-refractivity contribution is 9.08. The number of hydrogen-bond acceptors (Lipinski definition) is 9. The number of aliphatic hydroxyl groups excluding tert-OH is 1. The Bertz CT molecular complexity index is 3130. The number of likely N-dealkylation sites (tertiary alicyclic amines) is 3. The maximum atomic E-state index is 13.1. The molecule has 6 aromatic rings. The highest BCUT2D eigenvalue weighted by Gasteiger charge is 2.40. The number of hydrogen-bond donors (Lipinski definition) is 1. The van der Waals surface area contributed by atoms with E-state index in [1.54, 1.807) is 13.8 Å². The number of ketones is 2. The monoisotopic (exact) mass is 1390 g/mol. The van der Waals surface area contributed by atoms with Crippen molar-refractivity contribution < 1.29 is 68.4 Å². The molecule has 22 heteroatoms. The molecule has 3 heterocycles. The molecular weight excluding hydrogens is 1310 g/mol.